The average molecular weight is 350 g/mol. The van der Waals surface area contributed by atoms with Gasteiger partial charge in [-0.05, 0) is 49.4 Å². The molecule has 0 spiro atoms. The van der Waals surface area contributed by atoms with Crippen molar-refractivity contribution in [2.75, 3.05) is 0 Å². The Morgan fingerprint density at radius 1 is 0.720 bits per heavy atom. The number of carbonyl (C=O) groups is 2. The third kappa shape index (κ3) is 2.70. The van der Waals surface area contributed by atoms with Crippen molar-refractivity contribution in [1.29, 1.82) is 0 Å². The largest absolute Gasteiger partial charge is 0.435 e. The van der Waals surface area contributed by atoms with Crippen LogP contribution in [-0.4, -0.2) is 24.5 Å². The van der Waals surface area contributed by atoms with E-state index in [0.717, 1.165) is 25.7 Å². The fourth-order valence-electron chi connectivity index (χ4n) is 5.91. The smallest absolute Gasteiger partial charge is 0.311 e. The molecule has 5 heteroatoms. The van der Waals surface area contributed by atoms with Gasteiger partial charge in [0.15, 0.2) is 0 Å². The van der Waals surface area contributed by atoms with Crippen molar-refractivity contribution in [2.45, 2.75) is 66.0 Å². The lowest BCUT2D eigenvalue weighted by Gasteiger charge is -2.43. The maximum atomic E-state index is 12.4. The molecule has 4 rings (SSSR count). The molecule has 10 atom stereocenters. The van der Waals surface area contributed by atoms with E-state index in [2.05, 4.69) is 27.7 Å². The van der Waals surface area contributed by atoms with Gasteiger partial charge >= 0.3 is 11.9 Å². The predicted octanol–water partition coefficient (Wildman–Crippen LogP) is 3.37. The molecule has 25 heavy (non-hydrogen) atoms. The molecule has 0 bridgehead atoms. The summed E-state index contributed by atoms with van der Waals surface area (Å²) in [6, 6.07) is 0. The lowest BCUT2D eigenvalue weighted by molar-refractivity contribution is -0.292. The van der Waals surface area contributed by atoms with Crippen molar-refractivity contribution >= 4 is 11.9 Å². The SMILES string of the molecule is C[C@@H]1[C@H](O[C@@H]2OC(=O)[C@H]3[C@H](CC[C@@H]3C)[C@H]2C)OC(=O)[C@@H]2[C@H]1CC[C@H]2C. The van der Waals surface area contributed by atoms with Gasteiger partial charge in [0.05, 0.1) is 11.8 Å². The van der Waals surface area contributed by atoms with Crippen LogP contribution in [0.1, 0.15) is 53.4 Å². The van der Waals surface area contributed by atoms with E-state index >= 15 is 0 Å². The van der Waals surface area contributed by atoms with Crippen molar-refractivity contribution < 1.29 is 23.8 Å². The number of ether oxygens (including phenoxy) is 3. The van der Waals surface area contributed by atoms with Crippen molar-refractivity contribution in [2.24, 2.45) is 47.3 Å². The van der Waals surface area contributed by atoms with Gasteiger partial charge in [-0.1, -0.05) is 27.7 Å². The number of fused-ring (bicyclic) bond motifs is 2. The van der Waals surface area contributed by atoms with Crippen LogP contribution in [0.15, 0.2) is 0 Å². The Balaban J connectivity index is 1.47. The van der Waals surface area contributed by atoms with Crippen molar-refractivity contribution in [1.82, 2.24) is 0 Å². The molecule has 0 aromatic carbocycles. The van der Waals surface area contributed by atoms with Gasteiger partial charge in [-0.2, -0.15) is 0 Å². The van der Waals surface area contributed by atoms with Crippen LogP contribution < -0.4 is 0 Å². The zero-order chi connectivity index (χ0) is 17.9. The molecule has 4 aliphatic rings. The Morgan fingerprint density at radius 3 is 1.52 bits per heavy atom. The second-order valence-electron chi connectivity index (χ2n) is 8.95. The summed E-state index contributed by atoms with van der Waals surface area (Å²) in [5.41, 5.74) is 0. The first-order valence-corrected chi connectivity index (χ1v) is 9.95. The van der Waals surface area contributed by atoms with Crippen LogP contribution in [0.3, 0.4) is 0 Å². The number of carbonyl (C=O) groups excluding carboxylic acids is 2. The molecular formula is C20H30O5. The van der Waals surface area contributed by atoms with Crippen LogP contribution in [0.2, 0.25) is 0 Å². The third-order valence-corrected chi connectivity index (χ3v) is 7.55. The zero-order valence-corrected chi connectivity index (χ0v) is 15.6. The van der Waals surface area contributed by atoms with Crippen LogP contribution >= 0.6 is 0 Å². The predicted molar refractivity (Wildman–Crippen MR) is 89.9 cm³/mol. The minimum atomic E-state index is -0.602. The normalized spacial score (nSPS) is 52.3. The first-order chi connectivity index (χ1) is 11.9. The Labute approximate surface area is 149 Å². The summed E-state index contributed by atoms with van der Waals surface area (Å²) in [7, 11) is 0. The molecule has 0 aromatic rings. The fourth-order valence-corrected chi connectivity index (χ4v) is 5.91. The summed E-state index contributed by atoms with van der Waals surface area (Å²) < 4.78 is 17.4. The van der Waals surface area contributed by atoms with Gasteiger partial charge in [-0.15, -0.1) is 0 Å². The highest BCUT2D eigenvalue weighted by Crippen LogP contribution is 2.49. The van der Waals surface area contributed by atoms with Crippen molar-refractivity contribution in [3.8, 4) is 0 Å². The molecule has 0 radical (unpaired) electrons. The van der Waals surface area contributed by atoms with E-state index in [1.807, 2.05) is 0 Å². The van der Waals surface area contributed by atoms with E-state index in [-0.39, 0.29) is 35.6 Å². The van der Waals surface area contributed by atoms with Crippen molar-refractivity contribution in [3.63, 3.8) is 0 Å². The Hall–Kier alpha value is -1.10. The Kier molecular flexibility index (Phi) is 4.33. The molecule has 0 N–H and O–H groups in total. The molecule has 4 fully saturated rings. The molecule has 0 aromatic heterocycles. The fraction of sp³-hybridized carbons (Fsp3) is 0.900. The summed E-state index contributed by atoms with van der Waals surface area (Å²) in [6.07, 6.45) is 3.02. The maximum Gasteiger partial charge on any atom is 0.311 e. The summed E-state index contributed by atoms with van der Waals surface area (Å²) in [4.78, 5) is 24.9. The standard InChI is InChI=1S/C20H30O5/c1-9-5-7-13-11(3)19(23-17(21)15(9)13)25-20-12(4)14-8-6-10(2)16(14)18(22)24-20/h9-16,19-20H,5-8H2,1-4H3/t9-,10+,11+,12-,13+,14-,15+,16-,19-,20-/m0/s1. The lowest BCUT2D eigenvalue weighted by atomic mass is 9.79. The summed E-state index contributed by atoms with van der Waals surface area (Å²) >= 11 is 0. The Morgan fingerprint density at radius 2 is 1.12 bits per heavy atom. The van der Waals surface area contributed by atoms with Gasteiger partial charge in [0.25, 0.3) is 0 Å². The topological polar surface area (TPSA) is 61.8 Å². The van der Waals surface area contributed by atoms with Gasteiger partial charge in [-0.25, -0.2) is 0 Å². The van der Waals surface area contributed by atoms with E-state index in [1.54, 1.807) is 0 Å². The third-order valence-electron chi connectivity index (χ3n) is 7.55. The quantitative estimate of drug-likeness (QED) is 0.715. The maximum absolute atomic E-state index is 12.4. The highest BCUT2D eigenvalue weighted by molar-refractivity contribution is 5.75. The molecule has 0 unspecified atom stereocenters. The van der Waals surface area contributed by atoms with Gasteiger partial charge in [-0.3, -0.25) is 9.59 Å². The van der Waals surface area contributed by atoms with Crippen LogP contribution in [0.4, 0.5) is 0 Å². The van der Waals surface area contributed by atoms with E-state index in [9.17, 15) is 9.59 Å². The van der Waals surface area contributed by atoms with Gasteiger partial charge in [0, 0.05) is 11.8 Å². The Bertz CT molecular complexity index is 512. The number of hydrogen-bond acceptors (Lipinski definition) is 5. The molecular weight excluding hydrogens is 320 g/mol. The summed E-state index contributed by atoms with van der Waals surface area (Å²) in [6.45, 7) is 8.46. The molecule has 2 heterocycles. The molecule has 2 aliphatic carbocycles. The zero-order valence-electron chi connectivity index (χ0n) is 15.6. The number of hydrogen-bond donors (Lipinski definition) is 0. The average Bonchev–Trinajstić information content (AvgIpc) is 3.14. The summed E-state index contributed by atoms with van der Waals surface area (Å²) in [5, 5.41) is 0. The molecule has 2 saturated carbocycles. The van der Waals surface area contributed by atoms with Crippen LogP contribution in [-0.2, 0) is 23.8 Å². The van der Waals surface area contributed by atoms with Gasteiger partial charge in [0.2, 0.25) is 12.6 Å². The van der Waals surface area contributed by atoms with E-state index in [1.165, 1.54) is 0 Å². The number of rotatable bonds is 2. The van der Waals surface area contributed by atoms with Crippen molar-refractivity contribution in [3.05, 3.63) is 0 Å². The van der Waals surface area contributed by atoms with Crippen LogP contribution in [0.5, 0.6) is 0 Å². The lowest BCUT2D eigenvalue weighted by Crippen LogP contribution is -2.50. The van der Waals surface area contributed by atoms with Crippen LogP contribution in [0.25, 0.3) is 0 Å². The highest BCUT2D eigenvalue weighted by Gasteiger charge is 2.53. The number of esters is 2. The van der Waals surface area contributed by atoms with Gasteiger partial charge in [0.1, 0.15) is 0 Å². The second kappa shape index (κ2) is 6.26. The molecule has 140 valence electrons. The second-order valence-corrected chi connectivity index (χ2v) is 8.95. The molecule has 2 aliphatic heterocycles. The monoisotopic (exact) mass is 350 g/mol. The molecule has 5 nitrogen and oxygen atoms in total. The first kappa shape index (κ1) is 17.3. The number of cyclic esters (lactones) is 2. The minimum absolute atomic E-state index is 0.00115. The first-order valence-electron chi connectivity index (χ1n) is 9.95. The van der Waals surface area contributed by atoms with E-state index in [4.69, 9.17) is 14.2 Å². The molecule has 2 saturated heterocycles. The highest BCUT2D eigenvalue weighted by atomic mass is 16.8. The van der Waals surface area contributed by atoms with Crippen LogP contribution in [0, 0.1) is 47.3 Å². The minimum Gasteiger partial charge on any atom is -0.435 e. The van der Waals surface area contributed by atoms with E-state index in [0.29, 0.717) is 23.7 Å². The van der Waals surface area contributed by atoms with Gasteiger partial charge < -0.3 is 14.2 Å². The van der Waals surface area contributed by atoms with E-state index < -0.39 is 12.6 Å². The summed E-state index contributed by atoms with van der Waals surface area (Å²) in [5.74, 6) is 1.40. The molecule has 0 amide bonds.